The van der Waals surface area contributed by atoms with Crippen LogP contribution in [0.5, 0.6) is 0 Å². The highest BCUT2D eigenvalue weighted by Crippen LogP contribution is 2.38. The number of fused-ring (bicyclic) bond motifs is 1. The molecule has 0 saturated carbocycles. The van der Waals surface area contributed by atoms with Gasteiger partial charge in [-0.15, -0.1) is 0 Å². The molecule has 1 saturated heterocycles. The molecule has 2 aromatic rings. The summed E-state index contributed by atoms with van der Waals surface area (Å²) in [4.78, 5) is 15.2. The van der Waals surface area contributed by atoms with Gasteiger partial charge in [0.1, 0.15) is 5.69 Å². The Morgan fingerprint density at radius 2 is 2.27 bits per heavy atom. The van der Waals surface area contributed by atoms with Crippen LogP contribution in [-0.4, -0.2) is 29.8 Å². The van der Waals surface area contributed by atoms with Crippen molar-refractivity contribution in [2.45, 2.75) is 45.1 Å². The molecule has 1 fully saturated rings. The number of carbonyl (C=O) groups excluding carboxylic acids is 1. The zero-order valence-corrected chi connectivity index (χ0v) is 13.4. The molecule has 0 spiro atoms. The summed E-state index contributed by atoms with van der Waals surface area (Å²) in [6, 6.07) is 8.12. The number of benzene rings is 1. The molecular weight excluding hydrogens is 278 g/mol. The maximum atomic E-state index is 11.9. The number of carbonyl (C=O) groups is 1. The van der Waals surface area contributed by atoms with E-state index >= 15 is 0 Å². The van der Waals surface area contributed by atoms with Gasteiger partial charge in [-0.25, -0.2) is 4.79 Å². The van der Waals surface area contributed by atoms with E-state index in [0.717, 1.165) is 30.4 Å². The Labute approximate surface area is 130 Å². The maximum Gasteiger partial charge on any atom is 0.354 e. The first-order valence-electron chi connectivity index (χ1n) is 7.93. The Kier molecular flexibility index (Phi) is 3.96. The second-order valence-electron chi connectivity index (χ2n) is 6.51. The molecule has 4 heteroatoms. The van der Waals surface area contributed by atoms with E-state index in [1.54, 1.807) is 0 Å². The highest BCUT2D eigenvalue weighted by Gasteiger charge is 2.30. The minimum atomic E-state index is -0.294. The average Bonchev–Trinajstić information content (AvgIpc) is 2.90. The summed E-state index contributed by atoms with van der Waals surface area (Å²) in [5.41, 5.74) is 2.75. The summed E-state index contributed by atoms with van der Waals surface area (Å²) in [5, 5.41) is 1.06. The van der Waals surface area contributed by atoms with Gasteiger partial charge in [0.15, 0.2) is 0 Å². The number of rotatable bonds is 3. The molecule has 0 unspecified atom stereocenters. The van der Waals surface area contributed by atoms with Crippen molar-refractivity contribution >= 4 is 16.9 Å². The molecule has 1 aromatic carbocycles. The van der Waals surface area contributed by atoms with Gasteiger partial charge in [-0.05, 0) is 51.2 Å². The summed E-state index contributed by atoms with van der Waals surface area (Å²) in [7, 11) is 0. The zero-order valence-electron chi connectivity index (χ0n) is 13.4. The molecule has 0 amide bonds. The number of aromatic amines is 1. The van der Waals surface area contributed by atoms with E-state index in [1.165, 1.54) is 5.56 Å². The zero-order chi connectivity index (χ0) is 15.7. The Hall–Kier alpha value is -1.81. The van der Waals surface area contributed by atoms with E-state index in [2.05, 4.69) is 31.0 Å². The van der Waals surface area contributed by atoms with Gasteiger partial charge in [-0.1, -0.05) is 18.2 Å². The monoisotopic (exact) mass is 301 g/mol. The van der Waals surface area contributed by atoms with Gasteiger partial charge in [0, 0.05) is 17.5 Å². The normalized spacial score (nSPS) is 21.0. The van der Waals surface area contributed by atoms with Crippen LogP contribution >= 0.6 is 0 Å². The van der Waals surface area contributed by atoms with Crippen LogP contribution in [0.4, 0.5) is 0 Å². The van der Waals surface area contributed by atoms with E-state index in [-0.39, 0.29) is 11.6 Å². The van der Waals surface area contributed by atoms with Crippen LogP contribution in [0.15, 0.2) is 24.3 Å². The van der Waals surface area contributed by atoms with Crippen molar-refractivity contribution in [2.24, 2.45) is 0 Å². The molecule has 3 rings (SSSR count). The van der Waals surface area contributed by atoms with Crippen molar-refractivity contribution in [3.63, 3.8) is 0 Å². The molecule has 22 heavy (non-hydrogen) atoms. The molecule has 4 nitrogen and oxygen atoms in total. The molecule has 0 radical (unpaired) electrons. The summed E-state index contributed by atoms with van der Waals surface area (Å²) in [6.07, 6.45) is 2.00. The minimum absolute atomic E-state index is 0.0956. The number of hydrogen-bond acceptors (Lipinski definition) is 3. The standard InChI is InChI=1S/C18H23NO3/c1-4-21-17(20)15-10-12-6-5-7-14(16(12)19-15)13-8-9-22-18(2,3)11-13/h5-7,10,13,19H,4,8-9,11H2,1-3H3/t13-/m0/s1. The van der Waals surface area contributed by atoms with E-state index in [1.807, 2.05) is 19.1 Å². The number of nitrogens with one attached hydrogen (secondary N) is 1. The molecule has 0 aliphatic carbocycles. The number of H-pyrrole nitrogens is 1. The molecule has 2 heterocycles. The number of hydrogen-bond donors (Lipinski definition) is 1. The molecule has 1 N–H and O–H groups in total. The Bertz CT molecular complexity index is 687. The highest BCUT2D eigenvalue weighted by molar-refractivity contribution is 5.95. The highest BCUT2D eigenvalue weighted by atomic mass is 16.5. The van der Waals surface area contributed by atoms with Crippen molar-refractivity contribution in [3.05, 3.63) is 35.5 Å². The van der Waals surface area contributed by atoms with Crippen molar-refractivity contribution in [2.75, 3.05) is 13.2 Å². The molecule has 1 atom stereocenters. The molecular formula is C18H23NO3. The lowest BCUT2D eigenvalue weighted by Gasteiger charge is -2.35. The van der Waals surface area contributed by atoms with Crippen LogP contribution in [0, 0.1) is 0 Å². The first-order chi connectivity index (χ1) is 10.5. The van der Waals surface area contributed by atoms with Gasteiger partial charge >= 0.3 is 5.97 Å². The van der Waals surface area contributed by atoms with Crippen LogP contribution in [0.25, 0.3) is 10.9 Å². The summed E-state index contributed by atoms with van der Waals surface area (Å²) in [5.74, 6) is 0.151. The second kappa shape index (κ2) is 5.76. The van der Waals surface area contributed by atoms with Crippen molar-refractivity contribution in [1.29, 1.82) is 0 Å². The van der Waals surface area contributed by atoms with Crippen molar-refractivity contribution in [3.8, 4) is 0 Å². The van der Waals surface area contributed by atoms with E-state index in [4.69, 9.17) is 9.47 Å². The minimum Gasteiger partial charge on any atom is -0.461 e. The SMILES string of the molecule is CCOC(=O)c1cc2cccc([C@H]3CCOC(C)(C)C3)c2[nH]1. The maximum absolute atomic E-state index is 11.9. The van der Waals surface area contributed by atoms with Crippen LogP contribution < -0.4 is 0 Å². The Morgan fingerprint density at radius 3 is 3.00 bits per heavy atom. The number of ether oxygens (including phenoxy) is 2. The first-order valence-corrected chi connectivity index (χ1v) is 7.93. The van der Waals surface area contributed by atoms with E-state index in [0.29, 0.717) is 18.2 Å². The lowest BCUT2D eigenvalue weighted by molar-refractivity contribution is -0.0591. The van der Waals surface area contributed by atoms with Gasteiger partial charge in [-0.2, -0.15) is 0 Å². The van der Waals surface area contributed by atoms with Gasteiger partial charge in [0.2, 0.25) is 0 Å². The third kappa shape index (κ3) is 2.88. The fourth-order valence-corrected chi connectivity index (χ4v) is 3.34. The van der Waals surface area contributed by atoms with E-state index in [9.17, 15) is 4.79 Å². The number of esters is 1. The van der Waals surface area contributed by atoms with Gasteiger partial charge < -0.3 is 14.5 Å². The first kappa shape index (κ1) is 15.1. The third-order valence-corrected chi connectivity index (χ3v) is 4.32. The molecule has 1 aliphatic rings. The fourth-order valence-electron chi connectivity index (χ4n) is 3.34. The largest absolute Gasteiger partial charge is 0.461 e. The predicted molar refractivity (Wildman–Crippen MR) is 86.3 cm³/mol. The van der Waals surface area contributed by atoms with Crippen molar-refractivity contribution < 1.29 is 14.3 Å². The Morgan fingerprint density at radius 1 is 1.45 bits per heavy atom. The molecule has 118 valence electrons. The van der Waals surface area contributed by atoms with Gasteiger partial charge in [-0.3, -0.25) is 0 Å². The fraction of sp³-hybridized carbons (Fsp3) is 0.500. The van der Waals surface area contributed by atoms with Crippen LogP contribution in [-0.2, 0) is 9.47 Å². The molecule has 1 aliphatic heterocycles. The summed E-state index contributed by atoms with van der Waals surface area (Å²) >= 11 is 0. The molecule has 1 aromatic heterocycles. The number of para-hydroxylation sites is 1. The third-order valence-electron chi connectivity index (χ3n) is 4.32. The lowest BCUT2D eigenvalue weighted by atomic mass is 9.83. The van der Waals surface area contributed by atoms with E-state index < -0.39 is 0 Å². The summed E-state index contributed by atoms with van der Waals surface area (Å²) < 4.78 is 10.9. The van der Waals surface area contributed by atoms with Gasteiger partial charge in [0.05, 0.1) is 12.2 Å². The quantitative estimate of drug-likeness (QED) is 0.871. The second-order valence-corrected chi connectivity index (χ2v) is 6.51. The average molecular weight is 301 g/mol. The smallest absolute Gasteiger partial charge is 0.354 e. The summed E-state index contributed by atoms with van der Waals surface area (Å²) in [6.45, 7) is 7.25. The topological polar surface area (TPSA) is 51.3 Å². The number of aromatic nitrogens is 1. The Balaban J connectivity index is 1.98. The lowest BCUT2D eigenvalue weighted by Crippen LogP contribution is -2.33. The van der Waals surface area contributed by atoms with Crippen molar-refractivity contribution in [1.82, 2.24) is 4.98 Å². The van der Waals surface area contributed by atoms with Crippen LogP contribution in [0.3, 0.4) is 0 Å². The molecule has 0 bridgehead atoms. The van der Waals surface area contributed by atoms with Gasteiger partial charge in [0.25, 0.3) is 0 Å². The van der Waals surface area contributed by atoms with Crippen LogP contribution in [0.1, 0.15) is 55.6 Å². The predicted octanol–water partition coefficient (Wildman–Crippen LogP) is 4.02. The van der Waals surface area contributed by atoms with Crippen LogP contribution in [0.2, 0.25) is 0 Å².